The Balaban J connectivity index is 0.000000720. The van der Waals surface area contributed by atoms with Crippen LogP contribution in [0.25, 0.3) is 5.65 Å². The largest absolute Gasteiger partial charge is 0.286 e. The maximum absolute atomic E-state index is 3.98. The quantitative estimate of drug-likeness (QED) is 0.755. The molecule has 0 amide bonds. The molecule has 2 aromatic rings. The van der Waals surface area contributed by atoms with Gasteiger partial charge in [0.2, 0.25) is 0 Å². The average Bonchev–Trinajstić information content (AvgIpc) is 2.47. The second kappa shape index (κ2) is 4.00. The predicted molar refractivity (Wildman–Crippen MR) is 55.9 cm³/mol. The summed E-state index contributed by atoms with van der Waals surface area (Å²) in [5.41, 5.74) is 0.891. The van der Waals surface area contributed by atoms with Crippen LogP contribution in [0.3, 0.4) is 0 Å². The molecule has 2 rings (SSSR count). The molecule has 0 N–H and O–H groups in total. The van der Waals surface area contributed by atoms with E-state index in [1.54, 1.807) is 0 Å². The normalized spacial score (nSPS) is 9.75. The molecular weight excluding hydrogens is 286 g/mol. The Morgan fingerprint density at radius 1 is 1.33 bits per heavy atom. The molecule has 3 nitrogen and oxygen atoms in total. The van der Waals surface area contributed by atoms with Gasteiger partial charge in [0, 0.05) is 6.20 Å². The van der Waals surface area contributed by atoms with Crippen molar-refractivity contribution in [1.82, 2.24) is 14.6 Å². The first-order chi connectivity index (χ1) is 5.42. The van der Waals surface area contributed by atoms with Crippen LogP contribution in [0.5, 0.6) is 0 Å². The number of nitrogens with zero attached hydrogens (tertiary/aromatic N) is 3. The predicted octanol–water partition coefficient (Wildman–Crippen LogP) is 2.20. The third-order valence-electron chi connectivity index (χ3n) is 1.50. The van der Waals surface area contributed by atoms with Crippen LogP contribution >= 0.6 is 32.9 Å². The van der Waals surface area contributed by atoms with Crippen molar-refractivity contribution in [2.75, 3.05) is 0 Å². The number of halogens is 2. The van der Waals surface area contributed by atoms with Crippen molar-refractivity contribution in [2.45, 2.75) is 5.33 Å². The molecule has 0 radical (unpaired) electrons. The number of pyridine rings is 1. The van der Waals surface area contributed by atoms with E-state index < -0.39 is 0 Å². The number of hydrogen-bond donors (Lipinski definition) is 0. The summed E-state index contributed by atoms with van der Waals surface area (Å²) in [6.45, 7) is 0. The number of alkyl halides is 1. The molecule has 0 atom stereocenters. The van der Waals surface area contributed by atoms with E-state index in [2.05, 4.69) is 26.1 Å². The molecule has 2 aromatic heterocycles. The molecule has 0 aliphatic carbocycles. The number of aromatic nitrogens is 3. The lowest BCUT2D eigenvalue weighted by atomic mass is 10.5. The molecule has 64 valence electrons. The van der Waals surface area contributed by atoms with Gasteiger partial charge in [-0.3, -0.25) is 4.40 Å². The fraction of sp³-hybridized carbons (Fsp3) is 0.143. The van der Waals surface area contributed by atoms with Gasteiger partial charge in [-0.1, -0.05) is 22.0 Å². The molecule has 0 unspecified atom stereocenters. The summed E-state index contributed by atoms with van der Waals surface area (Å²) in [6.07, 6.45) is 1.95. The van der Waals surface area contributed by atoms with Crippen LogP contribution in [0.4, 0.5) is 0 Å². The molecule has 0 fully saturated rings. The van der Waals surface area contributed by atoms with E-state index >= 15 is 0 Å². The number of rotatable bonds is 1. The first-order valence-electron chi connectivity index (χ1n) is 3.26. The molecule has 0 bridgehead atoms. The lowest BCUT2D eigenvalue weighted by Gasteiger charge is -1.91. The minimum absolute atomic E-state index is 0. The molecule has 5 heteroatoms. The molecule has 2 heterocycles. The third-order valence-corrected chi connectivity index (χ3v) is 2.01. The Morgan fingerprint density at radius 3 is 2.92 bits per heavy atom. The van der Waals surface area contributed by atoms with Crippen LogP contribution in [0.2, 0.25) is 0 Å². The summed E-state index contributed by atoms with van der Waals surface area (Å²) in [5, 5.41) is 8.69. The van der Waals surface area contributed by atoms with Crippen molar-refractivity contribution in [3.8, 4) is 0 Å². The molecule has 0 saturated carbocycles. The highest BCUT2D eigenvalue weighted by molar-refractivity contribution is 9.08. The minimum Gasteiger partial charge on any atom is -0.286 e. The Morgan fingerprint density at radius 2 is 2.17 bits per heavy atom. The van der Waals surface area contributed by atoms with E-state index in [0.717, 1.165) is 16.8 Å². The van der Waals surface area contributed by atoms with E-state index in [1.807, 2.05) is 28.8 Å². The van der Waals surface area contributed by atoms with Crippen molar-refractivity contribution in [1.29, 1.82) is 0 Å². The Hall–Kier alpha value is -0.420. The van der Waals surface area contributed by atoms with E-state index in [0.29, 0.717) is 0 Å². The standard InChI is InChI=1S/C7H6BrN3.BrH/c8-5-7-10-9-6-3-1-2-4-11(6)7;/h1-4H,5H2;1H. The van der Waals surface area contributed by atoms with Crippen molar-refractivity contribution >= 4 is 38.6 Å². The van der Waals surface area contributed by atoms with E-state index in [-0.39, 0.29) is 17.0 Å². The third kappa shape index (κ3) is 1.51. The molecule has 0 aliphatic heterocycles. The van der Waals surface area contributed by atoms with Crippen LogP contribution in [0.1, 0.15) is 5.82 Å². The van der Waals surface area contributed by atoms with Crippen LogP contribution in [0, 0.1) is 0 Å². The summed E-state index contributed by atoms with van der Waals surface area (Å²) in [6, 6.07) is 5.84. The van der Waals surface area contributed by atoms with Gasteiger partial charge < -0.3 is 0 Å². The van der Waals surface area contributed by atoms with Crippen LogP contribution in [0.15, 0.2) is 24.4 Å². The lowest BCUT2D eigenvalue weighted by molar-refractivity contribution is 0.996. The highest BCUT2D eigenvalue weighted by Crippen LogP contribution is 2.05. The van der Waals surface area contributed by atoms with Gasteiger partial charge in [-0.2, -0.15) is 0 Å². The zero-order valence-electron chi connectivity index (χ0n) is 6.14. The maximum Gasteiger partial charge on any atom is 0.160 e. The summed E-state index contributed by atoms with van der Waals surface area (Å²) < 4.78 is 1.95. The van der Waals surface area contributed by atoms with Gasteiger partial charge in [-0.25, -0.2) is 0 Å². The van der Waals surface area contributed by atoms with Crippen molar-refractivity contribution in [3.63, 3.8) is 0 Å². The number of hydrogen-bond acceptors (Lipinski definition) is 2. The van der Waals surface area contributed by atoms with Crippen LogP contribution in [-0.4, -0.2) is 14.6 Å². The zero-order valence-corrected chi connectivity index (χ0v) is 9.44. The van der Waals surface area contributed by atoms with Crippen LogP contribution in [-0.2, 0) is 5.33 Å². The summed E-state index contributed by atoms with van der Waals surface area (Å²) >= 11 is 3.33. The van der Waals surface area contributed by atoms with Crippen LogP contribution < -0.4 is 0 Å². The van der Waals surface area contributed by atoms with Gasteiger partial charge in [-0.15, -0.1) is 27.2 Å². The second-order valence-electron chi connectivity index (χ2n) is 2.18. The smallest absolute Gasteiger partial charge is 0.160 e. The molecule has 0 saturated heterocycles. The van der Waals surface area contributed by atoms with Crippen molar-refractivity contribution in [2.24, 2.45) is 0 Å². The van der Waals surface area contributed by atoms with E-state index in [9.17, 15) is 0 Å². The first-order valence-corrected chi connectivity index (χ1v) is 4.38. The Bertz CT molecular complexity index is 371. The summed E-state index contributed by atoms with van der Waals surface area (Å²) in [4.78, 5) is 0. The van der Waals surface area contributed by atoms with Gasteiger partial charge in [0.25, 0.3) is 0 Å². The average molecular weight is 293 g/mol. The molecule has 0 aromatic carbocycles. The van der Waals surface area contributed by atoms with E-state index in [1.165, 1.54) is 0 Å². The summed E-state index contributed by atoms with van der Waals surface area (Å²) in [5.74, 6) is 0.931. The van der Waals surface area contributed by atoms with Gasteiger partial charge in [0.05, 0.1) is 5.33 Å². The SMILES string of the molecule is Br.BrCc1nnc2ccccn12. The maximum atomic E-state index is 3.98. The highest BCUT2D eigenvalue weighted by atomic mass is 79.9. The Labute approximate surface area is 88.7 Å². The van der Waals surface area contributed by atoms with E-state index in [4.69, 9.17) is 0 Å². The lowest BCUT2D eigenvalue weighted by Crippen LogP contribution is -1.88. The van der Waals surface area contributed by atoms with Gasteiger partial charge in [-0.05, 0) is 12.1 Å². The summed E-state index contributed by atoms with van der Waals surface area (Å²) in [7, 11) is 0. The number of fused-ring (bicyclic) bond motifs is 1. The fourth-order valence-electron chi connectivity index (χ4n) is 0.982. The Kier molecular flexibility index (Phi) is 3.22. The van der Waals surface area contributed by atoms with Gasteiger partial charge >= 0.3 is 0 Å². The van der Waals surface area contributed by atoms with Gasteiger partial charge in [0.15, 0.2) is 5.65 Å². The van der Waals surface area contributed by atoms with Gasteiger partial charge in [0.1, 0.15) is 5.82 Å². The first kappa shape index (κ1) is 9.67. The highest BCUT2D eigenvalue weighted by Gasteiger charge is 2.00. The zero-order chi connectivity index (χ0) is 7.68. The van der Waals surface area contributed by atoms with Crippen molar-refractivity contribution in [3.05, 3.63) is 30.2 Å². The van der Waals surface area contributed by atoms with Crippen molar-refractivity contribution < 1.29 is 0 Å². The fourth-order valence-corrected chi connectivity index (χ4v) is 1.36. The second-order valence-corrected chi connectivity index (χ2v) is 2.74. The molecule has 0 spiro atoms. The molecule has 12 heavy (non-hydrogen) atoms. The molecular formula is C7H7Br2N3. The topological polar surface area (TPSA) is 30.2 Å². The molecule has 0 aliphatic rings. The monoisotopic (exact) mass is 291 g/mol. The minimum atomic E-state index is 0.